The predicted molar refractivity (Wildman–Crippen MR) is 78.3 cm³/mol. The predicted octanol–water partition coefficient (Wildman–Crippen LogP) is 2.71. The van der Waals surface area contributed by atoms with Gasteiger partial charge in [-0.15, -0.1) is 0 Å². The highest BCUT2D eigenvalue weighted by Gasteiger charge is 2.07. The van der Waals surface area contributed by atoms with E-state index in [4.69, 9.17) is 0 Å². The van der Waals surface area contributed by atoms with Gasteiger partial charge in [0.05, 0.1) is 0 Å². The van der Waals surface area contributed by atoms with Crippen molar-refractivity contribution in [1.82, 2.24) is 5.32 Å². The lowest BCUT2D eigenvalue weighted by Gasteiger charge is -2.07. The SMILES string of the molecule is CC(=O)Nc1ccc(C(=O)NCc2ccccc2F)cc1. The van der Waals surface area contributed by atoms with Gasteiger partial charge in [-0.2, -0.15) is 0 Å². The van der Waals surface area contributed by atoms with Gasteiger partial charge in [-0.25, -0.2) is 4.39 Å². The van der Waals surface area contributed by atoms with Crippen LogP contribution in [0.15, 0.2) is 48.5 Å². The van der Waals surface area contributed by atoms with E-state index in [2.05, 4.69) is 10.6 Å². The molecule has 2 aromatic rings. The van der Waals surface area contributed by atoms with Crippen LogP contribution in [0.5, 0.6) is 0 Å². The molecule has 108 valence electrons. The quantitative estimate of drug-likeness (QED) is 0.908. The van der Waals surface area contributed by atoms with E-state index in [9.17, 15) is 14.0 Å². The summed E-state index contributed by atoms with van der Waals surface area (Å²) in [7, 11) is 0. The molecule has 0 saturated carbocycles. The number of hydrogen-bond acceptors (Lipinski definition) is 2. The average molecular weight is 286 g/mol. The van der Waals surface area contributed by atoms with Gasteiger partial charge in [0.25, 0.3) is 5.91 Å². The van der Waals surface area contributed by atoms with Crippen molar-refractivity contribution in [2.45, 2.75) is 13.5 Å². The van der Waals surface area contributed by atoms with Crippen LogP contribution >= 0.6 is 0 Å². The molecule has 0 unspecified atom stereocenters. The zero-order valence-electron chi connectivity index (χ0n) is 11.5. The normalized spacial score (nSPS) is 10.0. The molecule has 2 aromatic carbocycles. The molecule has 0 radical (unpaired) electrons. The maximum atomic E-state index is 13.4. The van der Waals surface area contributed by atoms with E-state index >= 15 is 0 Å². The first-order valence-corrected chi connectivity index (χ1v) is 6.45. The second-order valence-electron chi connectivity index (χ2n) is 4.53. The molecule has 2 N–H and O–H groups in total. The van der Waals surface area contributed by atoms with Crippen molar-refractivity contribution >= 4 is 17.5 Å². The minimum Gasteiger partial charge on any atom is -0.348 e. The molecule has 4 nitrogen and oxygen atoms in total. The van der Waals surface area contributed by atoms with Crippen molar-refractivity contribution in [3.63, 3.8) is 0 Å². The topological polar surface area (TPSA) is 58.2 Å². The molecule has 5 heteroatoms. The van der Waals surface area contributed by atoms with Crippen LogP contribution < -0.4 is 10.6 Å². The Bertz CT molecular complexity index is 654. The van der Waals surface area contributed by atoms with Crippen LogP contribution in [0.1, 0.15) is 22.8 Å². The third-order valence-electron chi connectivity index (χ3n) is 2.86. The summed E-state index contributed by atoms with van der Waals surface area (Å²) < 4.78 is 13.4. The lowest BCUT2D eigenvalue weighted by Crippen LogP contribution is -2.23. The van der Waals surface area contributed by atoms with Crippen molar-refractivity contribution in [1.29, 1.82) is 0 Å². The van der Waals surface area contributed by atoms with Gasteiger partial charge in [-0.3, -0.25) is 9.59 Å². The molecular formula is C16H15FN2O2. The Morgan fingerprint density at radius 1 is 1.05 bits per heavy atom. The van der Waals surface area contributed by atoms with E-state index in [1.165, 1.54) is 13.0 Å². The summed E-state index contributed by atoms with van der Waals surface area (Å²) in [4.78, 5) is 22.8. The molecule has 0 saturated heterocycles. The highest BCUT2D eigenvalue weighted by atomic mass is 19.1. The van der Waals surface area contributed by atoms with E-state index in [-0.39, 0.29) is 24.2 Å². The van der Waals surface area contributed by atoms with Crippen molar-refractivity contribution in [2.75, 3.05) is 5.32 Å². The third-order valence-corrected chi connectivity index (χ3v) is 2.86. The molecule has 0 heterocycles. The molecular weight excluding hydrogens is 271 g/mol. The van der Waals surface area contributed by atoms with Crippen molar-refractivity contribution < 1.29 is 14.0 Å². The molecule has 0 aliphatic carbocycles. The third kappa shape index (κ3) is 4.14. The molecule has 21 heavy (non-hydrogen) atoms. The van der Waals surface area contributed by atoms with Crippen LogP contribution in [0.25, 0.3) is 0 Å². The summed E-state index contributed by atoms with van der Waals surface area (Å²) in [5.74, 6) is -0.821. The van der Waals surface area contributed by atoms with Crippen molar-refractivity contribution in [2.24, 2.45) is 0 Å². The Hall–Kier alpha value is -2.69. The van der Waals surface area contributed by atoms with Gasteiger partial charge in [0.15, 0.2) is 0 Å². The second kappa shape index (κ2) is 6.65. The summed E-state index contributed by atoms with van der Waals surface area (Å²) in [6, 6.07) is 12.8. The van der Waals surface area contributed by atoms with E-state index in [0.29, 0.717) is 16.8 Å². The number of carbonyl (C=O) groups is 2. The molecule has 0 atom stereocenters. The largest absolute Gasteiger partial charge is 0.348 e. The summed E-state index contributed by atoms with van der Waals surface area (Å²) in [6.45, 7) is 1.54. The Morgan fingerprint density at radius 2 is 1.71 bits per heavy atom. The first-order valence-electron chi connectivity index (χ1n) is 6.45. The smallest absolute Gasteiger partial charge is 0.251 e. The molecule has 0 bridgehead atoms. The number of nitrogens with one attached hydrogen (secondary N) is 2. The first-order chi connectivity index (χ1) is 10.1. The number of benzene rings is 2. The number of amides is 2. The lowest BCUT2D eigenvalue weighted by molar-refractivity contribution is -0.114. The summed E-state index contributed by atoms with van der Waals surface area (Å²) >= 11 is 0. The maximum Gasteiger partial charge on any atom is 0.251 e. The second-order valence-corrected chi connectivity index (χ2v) is 4.53. The van der Waals surface area contributed by atoms with Crippen LogP contribution in [0.2, 0.25) is 0 Å². The van der Waals surface area contributed by atoms with Gasteiger partial charge in [0.1, 0.15) is 5.82 Å². The molecule has 0 aromatic heterocycles. The van der Waals surface area contributed by atoms with Crippen LogP contribution in [-0.2, 0) is 11.3 Å². The molecule has 0 spiro atoms. The van der Waals surface area contributed by atoms with Gasteiger partial charge in [-0.1, -0.05) is 18.2 Å². The molecule has 0 fully saturated rings. The Morgan fingerprint density at radius 3 is 2.33 bits per heavy atom. The van der Waals surface area contributed by atoms with Crippen LogP contribution in [0.4, 0.5) is 10.1 Å². The van der Waals surface area contributed by atoms with E-state index < -0.39 is 0 Å². The van der Waals surface area contributed by atoms with Gasteiger partial charge >= 0.3 is 0 Å². The molecule has 2 amide bonds. The van der Waals surface area contributed by atoms with Crippen molar-refractivity contribution in [3.8, 4) is 0 Å². The van der Waals surface area contributed by atoms with E-state index in [0.717, 1.165) is 0 Å². The summed E-state index contributed by atoms with van der Waals surface area (Å²) in [5.41, 5.74) is 1.49. The zero-order valence-corrected chi connectivity index (χ0v) is 11.5. The number of carbonyl (C=O) groups excluding carboxylic acids is 2. The number of hydrogen-bond donors (Lipinski definition) is 2. The Balaban J connectivity index is 1.97. The van der Waals surface area contributed by atoms with Gasteiger partial charge in [0, 0.05) is 30.3 Å². The first kappa shape index (κ1) is 14.7. The highest BCUT2D eigenvalue weighted by molar-refractivity contribution is 5.95. The molecule has 2 rings (SSSR count). The lowest BCUT2D eigenvalue weighted by atomic mass is 10.1. The zero-order chi connectivity index (χ0) is 15.2. The van der Waals surface area contributed by atoms with Crippen LogP contribution in [0.3, 0.4) is 0 Å². The van der Waals surface area contributed by atoms with E-state index in [1.807, 2.05) is 0 Å². The number of rotatable bonds is 4. The maximum absolute atomic E-state index is 13.4. The highest BCUT2D eigenvalue weighted by Crippen LogP contribution is 2.10. The van der Waals surface area contributed by atoms with Crippen LogP contribution in [0, 0.1) is 5.82 Å². The van der Waals surface area contributed by atoms with Gasteiger partial charge < -0.3 is 10.6 Å². The van der Waals surface area contributed by atoms with Crippen molar-refractivity contribution in [3.05, 3.63) is 65.5 Å². The average Bonchev–Trinajstić information content (AvgIpc) is 2.46. The summed E-state index contributed by atoms with van der Waals surface area (Å²) in [5, 5.41) is 5.27. The van der Waals surface area contributed by atoms with Crippen LogP contribution in [-0.4, -0.2) is 11.8 Å². The van der Waals surface area contributed by atoms with E-state index in [1.54, 1.807) is 42.5 Å². The Kier molecular flexibility index (Phi) is 4.66. The fraction of sp³-hybridized carbons (Fsp3) is 0.125. The van der Waals surface area contributed by atoms with Gasteiger partial charge in [0.2, 0.25) is 5.91 Å². The Labute approximate surface area is 122 Å². The molecule has 0 aliphatic rings. The minimum absolute atomic E-state index is 0.124. The number of anilines is 1. The van der Waals surface area contributed by atoms with Gasteiger partial charge in [-0.05, 0) is 30.3 Å². The minimum atomic E-state index is -0.348. The monoisotopic (exact) mass is 286 g/mol. The fourth-order valence-electron chi connectivity index (χ4n) is 1.83. The standard InChI is InChI=1S/C16H15FN2O2/c1-11(20)19-14-8-6-12(7-9-14)16(21)18-10-13-4-2-3-5-15(13)17/h2-9H,10H2,1H3,(H,18,21)(H,19,20). The fourth-order valence-corrected chi connectivity index (χ4v) is 1.83. The summed E-state index contributed by atoms with van der Waals surface area (Å²) in [6.07, 6.45) is 0. The number of halogens is 1. The molecule has 0 aliphatic heterocycles.